The molecule has 31 heavy (non-hydrogen) atoms. The zero-order valence-electron chi connectivity index (χ0n) is 16.2. The van der Waals surface area contributed by atoms with E-state index in [4.69, 9.17) is 5.26 Å². The lowest BCUT2D eigenvalue weighted by atomic mass is 9.94. The summed E-state index contributed by atoms with van der Waals surface area (Å²) in [7, 11) is 0. The molecule has 1 aliphatic heterocycles. The number of amides is 2. The zero-order chi connectivity index (χ0) is 22.3. The molecule has 2 aromatic rings. The highest BCUT2D eigenvalue weighted by Crippen LogP contribution is 2.47. The maximum Gasteiger partial charge on any atom is 0.433 e. The highest BCUT2D eigenvalue weighted by molar-refractivity contribution is 7.96. The highest BCUT2D eigenvalue weighted by Gasteiger charge is 2.46. The number of halogens is 3. The van der Waals surface area contributed by atoms with Gasteiger partial charge in [0, 0.05) is 30.1 Å². The molecule has 1 atom stereocenters. The molecule has 158 valence electrons. The predicted molar refractivity (Wildman–Crippen MR) is 108 cm³/mol. The van der Waals surface area contributed by atoms with Gasteiger partial charge in [-0.1, -0.05) is 12.1 Å². The number of carbonyl (C=O) groups excluding carboxylic acids is 2. The normalized spacial score (nSPS) is 19.0. The van der Waals surface area contributed by atoms with Crippen LogP contribution in [0.15, 0.2) is 53.9 Å². The van der Waals surface area contributed by atoms with Crippen LogP contribution in [0.2, 0.25) is 0 Å². The Labute approximate surface area is 180 Å². The Bertz CT molecular complexity index is 1140. The number of Topliss-reactive ketones (excluding diaryl/α,β-unsaturated/α-hetero) is 1. The van der Waals surface area contributed by atoms with Gasteiger partial charge >= 0.3 is 12.2 Å². The number of aromatic nitrogens is 1. The first-order valence-corrected chi connectivity index (χ1v) is 10.4. The molecule has 0 bridgehead atoms. The Hall–Kier alpha value is -3.32. The van der Waals surface area contributed by atoms with Crippen molar-refractivity contribution in [3.63, 3.8) is 0 Å². The summed E-state index contributed by atoms with van der Waals surface area (Å²) in [6, 6.07) is 9.47. The standard InChI is InChI=1S/C21H15F3N4O2S/c1-31-28-19(13-4-2-12(11-25)3-5-13)18-15(6-7-16(18)29)27(20(28)30)14-8-9-26-17(10-14)21(22,23)24/h2-5,8-10,19H,6-7H2,1H3. The lowest BCUT2D eigenvalue weighted by Gasteiger charge is -2.40. The minimum Gasteiger partial charge on any atom is -0.294 e. The fraction of sp³-hybridized carbons (Fsp3) is 0.238. The van der Waals surface area contributed by atoms with Gasteiger partial charge in [-0.3, -0.25) is 19.0 Å². The van der Waals surface area contributed by atoms with Crippen LogP contribution in [0.25, 0.3) is 0 Å². The molecule has 1 aromatic carbocycles. The van der Waals surface area contributed by atoms with Crippen LogP contribution in [0.3, 0.4) is 0 Å². The first-order chi connectivity index (χ1) is 14.8. The fourth-order valence-corrected chi connectivity index (χ4v) is 4.53. The molecule has 0 radical (unpaired) electrons. The summed E-state index contributed by atoms with van der Waals surface area (Å²) in [6.45, 7) is 0. The number of urea groups is 1. The van der Waals surface area contributed by atoms with Crippen LogP contribution < -0.4 is 4.90 Å². The molecule has 0 N–H and O–H groups in total. The Balaban J connectivity index is 1.88. The maximum absolute atomic E-state index is 13.4. The average Bonchev–Trinajstić information content (AvgIpc) is 3.13. The number of nitriles is 1. The van der Waals surface area contributed by atoms with E-state index in [1.165, 1.54) is 15.3 Å². The van der Waals surface area contributed by atoms with E-state index >= 15 is 0 Å². The second-order valence-electron chi connectivity index (χ2n) is 6.94. The molecule has 2 heterocycles. The number of benzene rings is 1. The van der Waals surface area contributed by atoms with Gasteiger partial charge < -0.3 is 0 Å². The van der Waals surface area contributed by atoms with E-state index in [0.717, 1.165) is 24.2 Å². The Morgan fingerprint density at radius 3 is 2.48 bits per heavy atom. The summed E-state index contributed by atoms with van der Waals surface area (Å²) in [6.07, 6.45) is -1.59. The first-order valence-electron chi connectivity index (χ1n) is 9.23. The second kappa shape index (κ2) is 7.74. The minimum absolute atomic E-state index is 0.00635. The predicted octanol–water partition coefficient (Wildman–Crippen LogP) is 4.85. The number of rotatable bonds is 3. The summed E-state index contributed by atoms with van der Waals surface area (Å²) in [5, 5.41) is 9.04. The van der Waals surface area contributed by atoms with E-state index in [1.54, 1.807) is 30.5 Å². The van der Waals surface area contributed by atoms with Crippen LogP contribution in [0, 0.1) is 11.3 Å². The fourth-order valence-electron chi connectivity index (χ4n) is 3.85. The molecular weight excluding hydrogens is 429 g/mol. The van der Waals surface area contributed by atoms with E-state index in [0.29, 0.717) is 22.4 Å². The summed E-state index contributed by atoms with van der Waals surface area (Å²) in [5.41, 5.74) is 0.750. The molecule has 0 saturated heterocycles. The molecule has 0 spiro atoms. The second-order valence-corrected chi connectivity index (χ2v) is 7.70. The van der Waals surface area contributed by atoms with E-state index < -0.39 is 23.9 Å². The van der Waals surface area contributed by atoms with E-state index in [-0.39, 0.29) is 24.3 Å². The number of pyridine rings is 1. The lowest BCUT2D eigenvalue weighted by molar-refractivity contribution is -0.141. The molecule has 4 rings (SSSR count). The first kappa shape index (κ1) is 20.9. The van der Waals surface area contributed by atoms with Crippen LogP contribution in [0.5, 0.6) is 0 Å². The number of alkyl halides is 3. The monoisotopic (exact) mass is 444 g/mol. The Kier molecular flexibility index (Phi) is 5.23. The van der Waals surface area contributed by atoms with Crippen molar-refractivity contribution in [2.24, 2.45) is 0 Å². The van der Waals surface area contributed by atoms with Crippen LogP contribution in [0.1, 0.15) is 35.7 Å². The van der Waals surface area contributed by atoms with E-state index in [2.05, 4.69) is 4.98 Å². The van der Waals surface area contributed by atoms with Gasteiger partial charge in [0.25, 0.3) is 0 Å². The number of anilines is 1. The molecule has 2 aliphatic rings. The Morgan fingerprint density at radius 2 is 1.87 bits per heavy atom. The Morgan fingerprint density at radius 1 is 1.16 bits per heavy atom. The topological polar surface area (TPSA) is 77.3 Å². The number of hydrogen-bond acceptors (Lipinski definition) is 5. The van der Waals surface area contributed by atoms with Gasteiger partial charge in [-0.2, -0.15) is 18.4 Å². The molecule has 1 aromatic heterocycles. The number of allylic oxidation sites excluding steroid dienone is 1. The van der Waals surface area contributed by atoms with Crippen molar-refractivity contribution in [1.29, 1.82) is 5.26 Å². The summed E-state index contributed by atoms with van der Waals surface area (Å²) >= 11 is 1.08. The summed E-state index contributed by atoms with van der Waals surface area (Å²) < 4.78 is 40.9. The number of ketones is 1. The van der Waals surface area contributed by atoms with Crippen molar-refractivity contribution < 1.29 is 22.8 Å². The number of hydrogen-bond donors (Lipinski definition) is 0. The molecule has 0 saturated carbocycles. The van der Waals surface area contributed by atoms with Crippen LogP contribution >= 0.6 is 11.9 Å². The third-order valence-corrected chi connectivity index (χ3v) is 5.96. The number of nitrogens with zero attached hydrogens (tertiary/aromatic N) is 4. The molecule has 1 aliphatic carbocycles. The SMILES string of the molecule is CSN1C(=O)N(c2ccnc(C(F)(F)F)c2)C2=C(C(=O)CC2)C1c1ccc(C#N)cc1. The average molecular weight is 444 g/mol. The van der Waals surface area contributed by atoms with Crippen molar-refractivity contribution in [3.05, 3.63) is 70.7 Å². The maximum atomic E-state index is 13.4. The third kappa shape index (κ3) is 3.55. The molecule has 10 heteroatoms. The van der Waals surface area contributed by atoms with Gasteiger partial charge in [0.05, 0.1) is 17.3 Å². The van der Waals surface area contributed by atoms with Gasteiger partial charge in [-0.15, -0.1) is 0 Å². The van der Waals surface area contributed by atoms with Gasteiger partial charge in [0.2, 0.25) is 0 Å². The van der Waals surface area contributed by atoms with E-state index in [9.17, 15) is 22.8 Å². The van der Waals surface area contributed by atoms with Crippen molar-refractivity contribution >= 4 is 29.4 Å². The van der Waals surface area contributed by atoms with Crippen molar-refractivity contribution in [3.8, 4) is 6.07 Å². The molecule has 6 nitrogen and oxygen atoms in total. The highest BCUT2D eigenvalue weighted by atomic mass is 32.2. The van der Waals surface area contributed by atoms with E-state index in [1.807, 2.05) is 6.07 Å². The molecular formula is C21H15F3N4O2S. The lowest BCUT2D eigenvalue weighted by Crippen LogP contribution is -2.46. The summed E-state index contributed by atoms with van der Waals surface area (Å²) in [4.78, 5) is 30.7. The number of carbonyl (C=O) groups is 2. The molecule has 1 unspecified atom stereocenters. The molecule has 2 amide bonds. The van der Waals surface area contributed by atoms with Gasteiger partial charge in [0.15, 0.2) is 5.78 Å². The molecule has 0 fully saturated rings. The third-order valence-electron chi connectivity index (χ3n) is 5.20. The summed E-state index contributed by atoms with van der Waals surface area (Å²) in [5.74, 6) is -0.161. The van der Waals surface area contributed by atoms with Crippen LogP contribution in [-0.2, 0) is 11.0 Å². The van der Waals surface area contributed by atoms with Crippen LogP contribution in [0.4, 0.5) is 23.7 Å². The van der Waals surface area contributed by atoms with Gasteiger partial charge in [-0.25, -0.2) is 4.79 Å². The van der Waals surface area contributed by atoms with Crippen molar-refractivity contribution in [2.45, 2.75) is 25.1 Å². The van der Waals surface area contributed by atoms with Gasteiger partial charge in [-0.05, 0) is 48.2 Å². The van der Waals surface area contributed by atoms with Crippen LogP contribution in [-0.4, -0.2) is 27.4 Å². The zero-order valence-corrected chi connectivity index (χ0v) is 17.0. The van der Waals surface area contributed by atoms with Gasteiger partial charge in [0.1, 0.15) is 11.7 Å². The smallest absolute Gasteiger partial charge is 0.294 e. The quantitative estimate of drug-likeness (QED) is 0.633. The minimum atomic E-state index is -4.66. The largest absolute Gasteiger partial charge is 0.433 e. The van der Waals surface area contributed by atoms with Crippen molar-refractivity contribution in [2.75, 3.05) is 11.2 Å². The van der Waals surface area contributed by atoms with Crippen molar-refractivity contribution in [1.82, 2.24) is 9.29 Å².